The van der Waals surface area contributed by atoms with Gasteiger partial charge < -0.3 is 5.32 Å². The quantitative estimate of drug-likeness (QED) is 0.811. The number of hydrogen-bond acceptors (Lipinski definition) is 3. The van der Waals surface area contributed by atoms with Crippen LogP contribution < -0.4 is 5.32 Å². The van der Waals surface area contributed by atoms with Crippen molar-refractivity contribution in [1.29, 1.82) is 0 Å². The van der Waals surface area contributed by atoms with Crippen molar-refractivity contribution in [3.63, 3.8) is 0 Å². The molecule has 0 spiro atoms. The molecule has 0 saturated carbocycles. The predicted octanol–water partition coefficient (Wildman–Crippen LogP) is 0.752. The number of benzene rings is 1. The van der Waals surface area contributed by atoms with E-state index >= 15 is 0 Å². The number of hydrogen-bond donors (Lipinski definition) is 1. The van der Waals surface area contributed by atoms with Crippen molar-refractivity contribution in [1.82, 2.24) is 9.62 Å². The summed E-state index contributed by atoms with van der Waals surface area (Å²) in [5.74, 6) is 0.199. The molecule has 1 aliphatic heterocycles. The van der Waals surface area contributed by atoms with Gasteiger partial charge in [0.2, 0.25) is 16.4 Å². The maximum absolute atomic E-state index is 12.4. The molecular weight excluding hydrogens is 264 g/mol. The van der Waals surface area contributed by atoms with E-state index in [1.807, 2.05) is 13.0 Å². The van der Waals surface area contributed by atoms with Crippen LogP contribution in [0.15, 0.2) is 29.2 Å². The van der Waals surface area contributed by atoms with Crippen LogP contribution >= 0.6 is 0 Å². The molecule has 1 aromatic rings. The Morgan fingerprint density at radius 1 is 1.47 bits per heavy atom. The highest BCUT2D eigenvalue weighted by Crippen LogP contribution is 2.24. The van der Waals surface area contributed by atoms with Gasteiger partial charge in [0.25, 0.3) is 0 Å². The van der Waals surface area contributed by atoms with Crippen molar-refractivity contribution >= 4 is 16.4 Å². The van der Waals surface area contributed by atoms with Crippen molar-refractivity contribution in [3.8, 4) is 0 Å². The normalized spacial score (nSPS) is 20.4. The molecule has 0 bridgehead atoms. The number of carbonyl (C=O) groups is 1. The number of amides is 1. The molecule has 1 aromatic carbocycles. The summed E-state index contributed by atoms with van der Waals surface area (Å²) in [6, 6.07) is 6.94. The van der Waals surface area contributed by atoms with Crippen molar-refractivity contribution in [2.75, 3.05) is 19.6 Å². The molecular formula is C13H18N2O3S. The van der Waals surface area contributed by atoms with Crippen LogP contribution in [0.25, 0.3) is 0 Å². The first kappa shape index (κ1) is 14.0. The minimum absolute atomic E-state index is 0.199. The third kappa shape index (κ3) is 3.13. The van der Waals surface area contributed by atoms with Crippen molar-refractivity contribution in [3.05, 3.63) is 29.8 Å². The first-order valence-corrected chi connectivity index (χ1v) is 7.72. The van der Waals surface area contributed by atoms with E-state index in [1.165, 1.54) is 4.31 Å². The molecule has 1 amide bonds. The van der Waals surface area contributed by atoms with Crippen molar-refractivity contribution in [2.24, 2.45) is 5.92 Å². The highest BCUT2D eigenvalue weighted by molar-refractivity contribution is 7.89. The largest absolute Gasteiger partial charge is 0.358 e. The molecule has 1 heterocycles. The Morgan fingerprint density at radius 2 is 2.26 bits per heavy atom. The zero-order valence-corrected chi connectivity index (χ0v) is 11.7. The minimum Gasteiger partial charge on any atom is -0.358 e. The smallest absolute Gasteiger partial charge is 0.243 e. The lowest BCUT2D eigenvalue weighted by molar-refractivity contribution is -0.109. The second-order valence-electron chi connectivity index (χ2n) is 4.86. The highest BCUT2D eigenvalue weighted by Gasteiger charge is 2.32. The zero-order valence-electron chi connectivity index (χ0n) is 10.9. The topological polar surface area (TPSA) is 66.5 Å². The molecule has 1 fully saturated rings. The van der Waals surface area contributed by atoms with Gasteiger partial charge in [0.15, 0.2) is 0 Å². The molecule has 1 unspecified atom stereocenters. The molecule has 104 valence electrons. The first-order valence-electron chi connectivity index (χ1n) is 6.28. The van der Waals surface area contributed by atoms with E-state index in [9.17, 15) is 13.2 Å². The van der Waals surface area contributed by atoms with Gasteiger partial charge in [-0.15, -0.1) is 0 Å². The van der Waals surface area contributed by atoms with Crippen LogP contribution in [0.1, 0.15) is 12.0 Å². The van der Waals surface area contributed by atoms with Crippen molar-refractivity contribution in [2.45, 2.75) is 18.2 Å². The van der Waals surface area contributed by atoms with Gasteiger partial charge in [-0.2, -0.15) is 4.31 Å². The molecule has 1 aliphatic rings. The number of nitrogens with one attached hydrogen (secondary N) is 1. The number of sulfonamides is 1. The number of aryl methyl sites for hydroxylation is 1. The standard InChI is InChI=1S/C13H18N2O3S/c1-11-3-2-4-13(7-11)19(17,18)15-6-5-12(9-15)8-14-10-16/h2-4,7,10,12H,5-6,8-9H2,1H3,(H,14,16). The lowest BCUT2D eigenvalue weighted by atomic mass is 10.1. The van der Waals surface area contributed by atoms with Crippen LogP contribution in [0, 0.1) is 12.8 Å². The monoisotopic (exact) mass is 282 g/mol. The number of nitrogens with zero attached hydrogens (tertiary/aromatic N) is 1. The van der Waals surface area contributed by atoms with E-state index in [0.29, 0.717) is 30.9 Å². The van der Waals surface area contributed by atoms with Gasteiger partial charge in [-0.05, 0) is 37.0 Å². The molecule has 0 aromatic heterocycles. The fourth-order valence-corrected chi connectivity index (χ4v) is 3.96. The molecule has 2 rings (SSSR count). The van der Waals surface area contributed by atoms with Gasteiger partial charge in [-0.3, -0.25) is 4.79 Å². The van der Waals surface area contributed by atoms with Crippen molar-refractivity contribution < 1.29 is 13.2 Å². The summed E-state index contributed by atoms with van der Waals surface area (Å²) in [4.78, 5) is 10.6. The molecule has 6 heteroatoms. The van der Waals surface area contributed by atoms with E-state index in [-0.39, 0.29) is 5.92 Å². The lowest BCUT2D eigenvalue weighted by Crippen LogP contribution is -2.30. The van der Waals surface area contributed by atoms with E-state index in [0.717, 1.165) is 12.0 Å². The number of carbonyl (C=O) groups excluding carboxylic acids is 1. The average Bonchev–Trinajstić information content (AvgIpc) is 2.86. The molecule has 1 N–H and O–H groups in total. The zero-order chi connectivity index (χ0) is 13.9. The van der Waals surface area contributed by atoms with Gasteiger partial charge >= 0.3 is 0 Å². The van der Waals surface area contributed by atoms with Gasteiger partial charge in [0.1, 0.15) is 0 Å². The first-order chi connectivity index (χ1) is 9.04. The Kier molecular flexibility index (Phi) is 4.21. The van der Waals surface area contributed by atoms with Gasteiger partial charge in [0, 0.05) is 19.6 Å². The molecule has 5 nitrogen and oxygen atoms in total. The van der Waals surface area contributed by atoms with Crippen LogP contribution in [0.4, 0.5) is 0 Å². The Balaban J connectivity index is 2.11. The van der Waals surface area contributed by atoms with Gasteiger partial charge in [0.05, 0.1) is 4.90 Å². The Labute approximate surface area is 113 Å². The number of rotatable bonds is 5. The lowest BCUT2D eigenvalue weighted by Gasteiger charge is -2.16. The van der Waals surface area contributed by atoms with Crippen LogP contribution in [-0.4, -0.2) is 38.8 Å². The summed E-state index contributed by atoms with van der Waals surface area (Å²) < 4.78 is 26.4. The van der Waals surface area contributed by atoms with E-state index in [1.54, 1.807) is 18.2 Å². The van der Waals surface area contributed by atoms with E-state index < -0.39 is 10.0 Å². The molecule has 1 saturated heterocycles. The van der Waals surface area contributed by atoms with Crippen LogP contribution in [0.2, 0.25) is 0 Å². The fraction of sp³-hybridized carbons (Fsp3) is 0.462. The molecule has 0 radical (unpaired) electrons. The van der Waals surface area contributed by atoms with Crippen LogP contribution in [0.5, 0.6) is 0 Å². The van der Waals surface area contributed by atoms with Crippen LogP contribution in [0.3, 0.4) is 0 Å². The maximum Gasteiger partial charge on any atom is 0.243 e. The summed E-state index contributed by atoms with van der Waals surface area (Å²) >= 11 is 0. The second kappa shape index (κ2) is 5.71. The SMILES string of the molecule is Cc1cccc(S(=O)(=O)N2CCC(CNC=O)C2)c1. The summed E-state index contributed by atoms with van der Waals surface area (Å²) in [5, 5.41) is 2.61. The minimum atomic E-state index is -3.40. The fourth-order valence-electron chi connectivity index (χ4n) is 2.32. The summed E-state index contributed by atoms with van der Waals surface area (Å²) in [6.07, 6.45) is 1.43. The summed E-state index contributed by atoms with van der Waals surface area (Å²) in [5.41, 5.74) is 0.930. The van der Waals surface area contributed by atoms with Gasteiger partial charge in [-0.1, -0.05) is 12.1 Å². The van der Waals surface area contributed by atoms with E-state index in [4.69, 9.17) is 0 Å². The average molecular weight is 282 g/mol. The third-order valence-electron chi connectivity index (χ3n) is 3.37. The highest BCUT2D eigenvalue weighted by atomic mass is 32.2. The third-order valence-corrected chi connectivity index (χ3v) is 5.23. The predicted molar refractivity (Wildman–Crippen MR) is 72.1 cm³/mol. The van der Waals surface area contributed by atoms with Gasteiger partial charge in [-0.25, -0.2) is 8.42 Å². The molecule has 1 atom stereocenters. The maximum atomic E-state index is 12.4. The molecule has 19 heavy (non-hydrogen) atoms. The van der Waals surface area contributed by atoms with E-state index in [2.05, 4.69) is 5.32 Å². The summed E-state index contributed by atoms with van der Waals surface area (Å²) in [6.45, 7) is 3.39. The summed E-state index contributed by atoms with van der Waals surface area (Å²) in [7, 11) is -3.40. The Hall–Kier alpha value is -1.40. The Bertz CT molecular complexity index is 557. The molecule has 0 aliphatic carbocycles. The van der Waals surface area contributed by atoms with Crippen LogP contribution in [-0.2, 0) is 14.8 Å². The Morgan fingerprint density at radius 3 is 2.95 bits per heavy atom. The second-order valence-corrected chi connectivity index (χ2v) is 6.80.